The number of carbonyl (C=O) groups is 2. The third kappa shape index (κ3) is 8.09. The molecule has 3 rings (SSSR count). The van der Waals surface area contributed by atoms with Crippen LogP contribution in [0.25, 0.3) is 17.1 Å². The number of urea groups is 1. The number of alkyl halides is 5. The van der Waals surface area contributed by atoms with E-state index in [1.165, 1.54) is 34.9 Å². The SMILES string of the molecule is CCCC(=O)CSC(C)=NC(=O)Nc1ccc(-c2ncn(-c3ccc(OC(F)(F)C(F)(F)F)cc3)n2)cc1C. The smallest absolute Gasteiger partial charge is 0.426 e. The Balaban J connectivity index is 1.65. The van der Waals surface area contributed by atoms with Crippen molar-refractivity contribution in [2.24, 2.45) is 4.99 Å². The van der Waals surface area contributed by atoms with Crippen LogP contribution >= 0.6 is 11.8 Å². The topological polar surface area (TPSA) is 98.5 Å². The molecule has 2 aromatic carbocycles. The maximum Gasteiger partial charge on any atom is 0.499 e. The highest BCUT2D eigenvalue weighted by molar-refractivity contribution is 8.14. The van der Waals surface area contributed by atoms with Crippen molar-refractivity contribution in [1.82, 2.24) is 14.8 Å². The standard InChI is InChI=1S/C25H24F5N5O3S/c1-4-5-19(36)13-39-16(3)32-23(37)33-21-11-6-17(12-15(21)2)22-31-14-35(34-22)18-7-9-20(10-8-18)38-25(29,30)24(26,27)28/h6-12,14H,4-5,13H2,1-3H3,(H,33,37). The first-order valence-corrected chi connectivity index (χ1v) is 12.5. The van der Waals surface area contributed by atoms with Crippen LogP contribution in [0.3, 0.4) is 0 Å². The van der Waals surface area contributed by atoms with Crippen molar-refractivity contribution >= 4 is 34.3 Å². The molecule has 2 amide bonds. The van der Waals surface area contributed by atoms with Gasteiger partial charge < -0.3 is 10.1 Å². The van der Waals surface area contributed by atoms with E-state index in [1.54, 1.807) is 32.0 Å². The Morgan fingerprint density at radius 1 is 1.10 bits per heavy atom. The van der Waals surface area contributed by atoms with E-state index in [9.17, 15) is 31.5 Å². The van der Waals surface area contributed by atoms with Gasteiger partial charge in [-0.25, -0.2) is 14.5 Å². The summed E-state index contributed by atoms with van der Waals surface area (Å²) in [6.07, 6.45) is -8.57. The number of aromatic nitrogens is 3. The first-order valence-electron chi connectivity index (χ1n) is 11.6. The molecule has 1 heterocycles. The number of ether oxygens (including phenoxy) is 1. The van der Waals surface area contributed by atoms with Crippen molar-refractivity contribution in [3.8, 4) is 22.8 Å². The number of hydrogen-bond acceptors (Lipinski definition) is 6. The van der Waals surface area contributed by atoms with Crippen LogP contribution in [0.2, 0.25) is 0 Å². The molecule has 0 saturated carbocycles. The summed E-state index contributed by atoms with van der Waals surface area (Å²) in [6, 6.07) is 8.91. The lowest BCUT2D eigenvalue weighted by Crippen LogP contribution is -2.41. The second-order valence-electron chi connectivity index (χ2n) is 8.29. The Kier molecular flexibility index (Phi) is 9.43. The van der Waals surface area contributed by atoms with Crippen LogP contribution in [0.15, 0.2) is 53.8 Å². The predicted octanol–water partition coefficient (Wildman–Crippen LogP) is 6.83. The van der Waals surface area contributed by atoms with Gasteiger partial charge in [-0.2, -0.15) is 26.9 Å². The summed E-state index contributed by atoms with van der Waals surface area (Å²) >= 11 is 1.21. The van der Waals surface area contributed by atoms with Crippen LogP contribution in [0, 0.1) is 6.92 Å². The van der Waals surface area contributed by atoms with Gasteiger partial charge in [-0.15, -0.1) is 16.9 Å². The van der Waals surface area contributed by atoms with Gasteiger partial charge in [0.05, 0.1) is 16.5 Å². The average molecular weight is 570 g/mol. The van der Waals surface area contributed by atoms with Gasteiger partial charge in [-0.1, -0.05) is 6.92 Å². The minimum atomic E-state index is -5.84. The Morgan fingerprint density at radius 2 is 1.79 bits per heavy atom. The van der Waals surface area contributed by atoms with Crippen molar-refractivity contribution in [3.63, 3.8) is 0 Å². The van der Waals surface area contributed by atoms with E-state index in [0.717, 1.165) is 18.6 Å². The lowest BCUT2D eigenvalue weighted by molar-refractivity contribution is -0.360. The Hall–Kier alpha value is -3.81. The quantitative estimate of drug-likeness (QED) is 0.172. The zero-order valence-electron chi connectivity index (χ0n) is 21.1. The highest BCUT2D eigenvalue weighted by Crippen LogP contribution is 2.37. The van der Waals surface area contributed by atoms with Gasteiger partial charge >= 0.3 is 18.3 Å². The van der Waals surface area contributed by atoms with Crippen LogP contribution in [0.4, 0.5) is 32.4 Å². The number of Topliss-reactive ketones (excluding diaryl/α,β-unsaturated/α-hetero) is 1. The molecular weight excluding hydrogens is 545 g/mol. The maximum absolute atomic E-state index is 13.1. The molecule has 14 heteroatoms. The lowest BCUT2D eigenvalue weighted by Gasteiger charge is -2.20. The van der Waals surface area contributed by atoms with E-state index in [2.05, 4.69) is 25.1 Å². The minimum Gasteiger partial charge on any atom is -0.426 e. The molecule has 0 aliphatic rings. The molecule has 0 saturated heterocycles. The third-order valence-corrected chi connectivity index (χ3v) is 6.10. The minimum absolute atomic E-state index is 0.0940. The fraction of sp³-hybridized carbons (Fsp3) is 0.320. The molecule has 208 valence electrons. The molecule has 3 aromatic rings. The summed E-state index contributed by atoms with van der Waals surface area (Å²) in [5.41, 5.74) is 2.17. The largest absolute Gasteiger partial charge is 0.499 e. The zero-order valence-corrected chi connectivity index (χ0v) is 21.9. The number of halogens is 5. The van der Waals surface area contributed by atoms with Crippen LogP contribution < -0.4 is 10.1 Å². The van der Waals surface area contributed by atoms with Crippen molar-refractivity contribution in [2.75, 3.05) is 11.1 Å². The van der Waals surface area contributed by atoms with Crippen LogP contribution in [0.1, 0.15) is 32.3 Å². The molecule has 1 N–H and O–H groups in total. The Bertz CT molecular complexity index is 1360. The number of anilines is 1. The van der Waals surface area contributed by atoms with Gasteiger partial charge in [0.15, 0.2) is 5.82 Å². The van der Waals surface area contributed by atoms with Crippen molar-refractivity contribution in [1.29, 1.82) is 0 Å². The van der Waals surface area contributed by atoms with Crippen molar-refractivity contribution in [3.05, 3.63) is 54.4 Å². The molecule has 0 fully saturated rings. The molecule has 0 aliphatic heterocycles. The molecule has 8 nitrogen and oxygen atoms in total. The van der Waals surface area contributed by atoms with Crippen LogP contribution in [0.5, 0.6) is 5.75 Å². The zero-order chi connectivity index (χ0) is 28.8. The second-order valence-corrected chi connectivity index (χ2v) is 9.46. The number of carbonyl (C=O) groups excluding carboxylic acids is 2. The average Bonchev–Trinajstić information content (AvgIpc) is 3.34. The second kappa shape index (κ2) is 12.4. The van der Waals surface area contributed by atoms with E-state index in [4.69, 9.17) is 0 Å². The van der Waals surface area contributed by atoms with E-state index in [1.807, 2.05) is 6.92 Å². The molecule has 1 aromatic heterocycles. The van der Waals surface area contributed by atoms with Crippen LogP contribution in [-0.4, -0.2) is 49.7 Å². The first-order chi connectivity index (χ1) is 18.3. The molecule has 39 heavy (non-hydrogen) atoms. The van der Waals surface area contributed by atoms with Crippen molar-refractivity contribution < 1.29 is 36.3 Å². The number of aryl methyl sites for hydroxylation is 1. The van der Waals surface area contributed by atoms with E-state index < -0.39 is 24.1 Å². The van der Waals surface area contributed by atoms with E-state index in [-0.39, 0.29) is 11.5 Å². The molecule has 0 unspecified atom stereocenters. The fourth-order valence-corrected chi connectivity index (χ4v) is 3.85. The highest BCUT2D eigenvalue weighted by atomic mass is 32.2. The van der Waals surface area contributed by atoms with E-state index in [0.29, 0.717) is 39.8 Å². The summed E-state index contributed by atoms with van der Waals surface area (Å²) in [4.78, 5) is 32.1. The normalized spacial score (nSPS) is 12.4. The van der Waals surface area contributed by atoms with Gasteiger partial charge in [-0.3, -0.25) is 4.79 Å². The molecule has 0 atom stereocenters. The molecule has 0 spiro atoms. The van der Waals surface area contributed by atoms with E-state index >= 15 is 0 Å². The molecule has 0 radical (unpaired) electrons. The van der Waals surface area contributed by atoms with Gasteiger partial charge in [-0.05, 0) is 68.3 Å². The number of nitrogens with zero attached hydrogens (tertiary/aromatic N) is 4. The molecular formula is C25H24F5N5O3S. The summed E-state index contributed by atoms with van der Waals surface area (Å²) < 4.78 is 68.3. The number of amides is 2. The molecule has 0 bridgehead atoms. The summed E-state index contributed by atoms with van der Waals surface area (Å²) in [7, 11) is 0. The number of benzene rings is 2. The van der Waals surface area contributed by atoms with Gasteiger partial charge in [0.2, 0.25) is 0 Å². The predicted molar refractivity (Wildman–Crippen MR) is 138 cm³/mol. The van der Waals surface area contributed by atoms with Gasteiger partial charge in [0, 0.05) is 17.7 Å². The number of ketones is 1. The number of rotatable bonds is 9. The Morgan fingerprint density at radius 3 is 2.41 bits per heavy atom. The number of thioether (sulfide) groups is 1. The monoisotopic (exact) mass is 569 g/mol. The number of nitrogens with one attached hydrogen (secondary N) is 1. The third-order valence-electron chi connectivity index (χ3n) is 5.13. The Labute approximate surface area is 224 Å². The number of aliphatic imine (C=N–C) groups is 1. The summed E-state index contributed by atoms with van der Waals surface area (Å²) in [6.45, 7) is 5.34. The van der Waals surface area contributed by atoms with Crippen molar-refractivity contribution in [2.45, 2.75) is 45.9 Å². The molecule has 0 aliphatic carbocycles. The van der Waals surface area contributed by atoms with Gasteiger partial charge in [0.1, 0.15) is 17.9 Å². The summed E-state index contributed by atoms with van der Waals surface area (Å²) in [5, 5.41) is 7.47. The lowest BCUT2D eigenvalue weighted by atomic mass is 10.1. The van der Waals surface area contributed by atoms with Gasteiger partial charge in [0.25, 0.3) is 0 Å². The maximum atomic E-state index is 13.1. The first kappa shape index (κ1) is 29.7. The fourth-order valence-electron chi connectivity index (χ4n) is 3.19. The highest BCUT2D eigenvalue weighted by Gasteiger charge is 2.61. The van der Waals surface area contributed by atoms with Crippen LogP contribution in [-0.2, 0) is 4.79 Å². The summed E-state index contributed by atoms with van der Waals surface area (Å²) in [5.74, 6) is -0.00769. The number of hydrogen-bond donors (Lipinski definition) is 1.